The minimum atomic E-state index is -0.977. The Hall–Kier alpha value is -3.70. The molecule has 3 aromatic rings. The molecule has 1 aliphatic carbocycles. The van der Waals surface area contributed by atoms with Crippen molar-refractivity contribution in [3.05, 3.63) is 106 Å². The number of carbonyl (C=O) groups excluding carboxylic acids is 1. The van der Waals surface area contributed by atoms with E-state index in [1.165, 1.54) is 12.1 Å². The fourth-order valence-corrected chi connectivity index (χ4v) is 5.03. The van der Waals surface area contributed by atoms with E-state index < -0.39 is 12.1 Å². The maximum Gasteiger partial charge on any atom is 0.335 e. The van der Waals surface area contributed by atoms with E-state index in [-0.39, 0.29) is 22.3 Å². The van der Waals surface area contributed by atoms with Crippen molar-refractivity contribution in [1.82, 2.24) is 0 Å². The molecule has 0 fully saturated rings. The second kappa shape index (κ2) is 9.98. The third-order valence-corrected chi connectivity index (χ3v) is 7.47. The molecule has 5 nitrogen and oxygen atoms in total. The zero-order chi connectivity index (χ0) is 27.0. The molecule has 0 radical (unpaired) electrons. The summed E-state index contributed by atoms with van der Waals surface area (Å²) in [5.74, 6) is -1.16. The molecule has 0 heterocycles. The minimum absolute atomic E-state index is 0.111. The second-order valence-corrected chi connectivity index (χ2v) is 11.3. The van der Waals surface area contributed by atoms with Crippen molar-refractivity contribution in [3.8, 4) is 0 Å². The summed E-state index contributed by atoms with van der Waals surface area (Å²) >= 11 is 0. The number of aliphatic hydroxyl groups excluding tert-OH is 1. The fourth-order valence-electron chi connectivity index (χ4n) is 5.03. The minimum Gasteiger partial charge on any atom is -0.478 e. The molecular formula is C32H35NO4. The summed E-state index contributed by atoms with van der Waals surface area (Å²) in [5, 5.41) is 23.4. The maximum absolute atomic E-state index is 13.2. The van der Waals surface area contributed by atoms with Crippen LogP contribution in [0.2, 0.25) is 0 Å². The normalized spacial score (nSPS) is 16.7. The summed E-state index contributed by atoms with van der Waals surface area (Å²) < 4.78 is 0. The highest BCUT2D eigenvalue weighted by Crippen LogP contribution is 2.49. The number of hydrogen-bond acceptors (Lipinski definition) is 3. The number of aryl methyl sites for hydroxylation is 1. The predicted octanol–water partition coefficient (Wildman–Crippen LogP) is 7.04. The Balaban J connectivity index is 1.73. The number of fused-ring (bicyclic) bond motifs is 1. The first-order chi connectivity index (χ1) is 17.4. The lowest BCUT2D eigenvalue weighted by Gasteiger charge is -2.43. The molecule has 192 valence electrons. The molecule has 0 aromatic heterocycles. The van der Waals surface area contributed by atoms with E-state index in [4.69, 9.17) is 5.11 Å². The lowest BCUT2D eigenvalue weighted by molar-refractivity contribution is 0.0696. The second-order valence-electron chi connectivity index (χ2n) is 11.3. The van der Waals surface area contributed by atoms with Crippen LogP contribution in [0.25, 0.3) is 6.08 Å². The van der Waals surface area contributed by atoms with Crippen molar-refractivity contribution >= 4 is 23.6 Å². The number of carbonyl (C=O) groups is 2. The molecular weight excluding hydrogens is 462 g/mol. The van der Waals surface area contributed by atoms with E-state index in [0.717, 1.165) is 40.8 Å². The van der Waals surface area contributed by atoms with Crippen molar-refractivity contribution in [1.29, 1.82) is 0 Å². The number of anilines is 1. The number of nitrogens with one attached hydrogen (secondary N) is 1. The molecule has 5 heteroatoms. The van der Waals surface area contributed by atoms with Crippen LogP contribution in [0.3, 0.4) is 0 Å². The molecule has 1 amide bonds. The van der Waals surface area contributed by atoms with Gasteiger partial charge in [-0.25, -0.2) is 4.79 Å². The zero-order valence-corrected chi connectivity index (χ0v) is 22.1. The highest BCUT2D eigenvalue weighted by molar-refractivity contribution is 6.05. The molecule has 0 bridgehead atoms. The third-order valence-electron chi connectivity index (χ3n) is 7.47. The van der Waals surface area contributed by atoms with E-state index in [1.54, 1.807) is 24.3 Å². The average Bonchev–Trinajstić information content (AvgIpc) is 2.85. The molecule has 1 unspecified atom stereocenters. The van der Waals surface area contributed by atoms with Gasteiger partial charge < -0.3 is 15.5 Å². The highest BCUT2D eigenvalue weighted by Gasteiger charge is 2.39. The van der Waals surface area contributed by atoms with Crippen molar-refractivity contribution in [3.63, 3.8) is 0 Å². The number of aliphatic hydroxyl groups is 1. The predicted molar refractivity (Wildman–Crippen MR) is 148 cm³/mol. The zero-order valence-electron chi connectivity index (χ0n) is 22.1. The molecule has 0 saturated carbocycles. The number of rotatable bonds is 6. The number of aromatic carboxylic acids is 1. The smallest absolute Gasteiger partial charge is 0.335 e. The molecule has 3 aromatic carbocycles. The topological polar surface area (TPSA) is 86.6 Å². The molecule has 4 rings (SSSR count). The van der Waals surface area contributed by atoms with Gasteiger partial charge in [-0.2, -0.15) is 0 Å². The maximum atomic E-state index is 13.2. The summed E-state index contributed by atoms with van der Waals surface area (Å²) in [6.45, 7) is 10.8. The van der Waals surface area contributed by atoms with Gasteiger partial charge in [0.25, 0.3) is 5.91 Å². The van der Waals surface area contributed by atoms with Gasteiger partial charge in [-0.15, -0.1) is 0 Å². The van der Waals surface area contributed by atoms with Gasteiger partial charge in [-0.1, -0.05) is 75.7 Å². The number of hydrogen-bond donors (Lipinski definition) is 3. The Kier molecular flexibility index (Phi) is 7.11. The van der Waals surface area contributed by atoms with Crippen LogP contribution in [-0.4, -0.2) is 22.1 Å². The van der Waals surface area contributed by atoms with Crippen LogP contribution in [0.15, 0.2) is 66.7 Å². The molecule has 3 N–H and O–H groups in total. The molecule has 1 atom stereocenters. The molecule has 37 heavy (non-hydrogen) atoms. The largest absolute Gasteiger partial charge is 0.478 e. The number of carboxylic acid groups (broad SMARTS) is 1. The van der Waals surface area contributed by atoms with Gasteiger partial charge in [0.1, 0.15) is 0 Å². The summed E-state index contributed by atoms with van der Waals surface area (Å²) in [5.41, 5.74) is 6.12. The van der Waals surface area contributed by atoms with Crippen LogP contribution in [0.5, 0.6) is 0 Å². The molecule has 0 saturated heterocycles. The van der Waals surface area contributed by atoms with Gasteiger partial charge in [0.15, 0.2) is 0 Å². The summed E-state index contributed by atoms with van der Waals surface area (Å²) in [6.07, 6.45) is 4.55. The van der Waals surface area contributed by atoms with Gasteiger partial charge in [0, 0.05) is 11.3 Å². The van der Waals surface area contributed by atoms with Gasteiger partial charge in [-0.05, 0) is 83.2 Å². The van der Waals surface area contributed by atoms with E-state index in [1.807, 2.05) is 37.3 Å². The summed E-state index contributed by atoms with van der Waals surface area (Å²) in [7, 11) is 0. The first kappa shape index (κ1) is 26.4. The Morgan fingerprint density at radius 2 is 1.49 bits per heavy atom. The molecule has 0 spiro atoms. The fraction of sp³-hybridized carbons (Fsp3) is 0.312. The average molecular weight is 498 g/mol. The van der Waals surface area contributed by atoms with Crippen molar-refractivity contribution in [2.24, 2.45) is 0 Å². The van der Waals surface area contributed by atoms with Gasteiger partial charge in [0.2, 0.25) is 0 Å². The quantitative estimate of drug-likeness (QED) is 0.341. The van der Waals surface area contributed by atoms with Crippen LogP contribution in [0, 0.1) is 6.92 Å². The number of carboxylic acids is 1. The van der Waals surface area contributed by atoms with Crippen molar-refractivity contribution in [2.75, 3.05) is 5.32 Å². The highest BCUT2D eigenvalue weighted by atomic mass is 16.4. The summed E-state index contributed by atoms with van der Waals surface area (Å²) in [4.78, 5) is 24.3. The Morgan fingerprint density at radius 1 is 0.892 bits per heavy atom. The SMILES string of the molecule is Cc1ccc(C(=O)Nc2cc(C(O)/C=C/c3ccc(C(=O)O)cc3)cc3c2C(C)(C)CCC3(C)C)cc1. The van der Waals surface area contributed by atoms with Gasteiger partial charge in [0.05, 0.1) is 11.7 Å². The van der Waals surface area contributed by atoms with Crippen molar-refractivity contribution in [2.45, 2.75) is 64.4 Å². The first-order valence-electron chi connectivity index (χ1n) is 12.6. The van der Waals surface area contributed by atoms with Gasteiger partial charge in [-0.3, -0.25) is 4.79 Å². The third kappa shape index (κ3) is 5.67. The Bertz CT molecular complexity index is 1350. The first-order valence-corrected chi connectivity index (χ1v) is 12.6. The van der Waals surface area contributed by atoms with Crippen LogP contribution in [-0.2, 0) is 10.8 Å². The number of amides is 1. The van der Waals surface area contributed by atoms with Crippen LogP contribution in [0.1, 0.15) is 95.2 Å². The van der Waals surface area contributed by atoms with E-state index in [2.05, 4.69) is 39.1 Å². The molecule has 1 aliphatic rings. The van der Waals surface area contributed by atoms with E-state index in [0.29, 0.717) is 11.1 Å². The van der Waals surface area contributed by atoms with Crippen LogP contribution in [0.4, 0.5) is 5.69 Å². The monoisotopic (exact) mass is 497 g/mol. The summed E-state index contributed by atoms with van der Waals surface area (Å²) in [6, 6.07) is 17.9. The van der Waals surface area contributed by atoms with E-state index >= 15 is 0 Å². The Labute approximate surface area is 218 Å². The lowest BCUT2D eigenvalue weighted by Crippen LogP contribution is -2.35. The van der Waals surface area contributed by atoms with Gasteiger partial charge >= 0.3 is 5.97 Å². The van der Waals surface area contributed by atoms with Crippen LogP contribution < -0.4 is 5.32 Å². The van der Waals surface area contributed by atoms with E-state index in [9.17, 15) is 14.7 Å². The van der Waals surface area contributed by atoms with Crippen LogP contribution >= 0.6 is 0 Å². The Morgan fingerprint density at radius 3 is 2.11 bits per heavy atom. The number of benzene rings is 3. The molecule has 0 aliphatic heterocycles. The lowest BCUT2D eigenvalue weighted by atomic mass is 9.62. The van der Waals surface area contributed by atoms with Crippen molar-refractivity contribution < 1.29 is 19.8 Å². The standard InChI is InChI=1S/C32H35NO4/c1-20-6-11-22(12-7-20)29(35)33-26-19-24(18-25-28(26)32(4,5)17-16-31(25,2)3)27(34)15-10-21-8-13-23(14-9-21)30(36)37/h6-15,18-19,27,34H,16-17H2,1-5H3,(H,33,35)(H,36,37)/b15-10+.